The first-order chi connectivity index (χ1) is 14.3. The van der Waals surface area contributed by atoms with Crippen molar-refractivity contribution >= 4 is 46.8 Å². The summed E-state index contributed by atoms with van der Waals surface area (Å²) in [5, 5.41) is 1.22. The van der Waals surface area contributed by atoms with Crippen LogP contribution in [0, 0.1) is 23.7 Å². The van der Waals surface area contributed by atoms with E-state index in [4.69, 9.17) is 23.2 Å². The second-order valence-electron chi connectivity index (χ2n) is 8.38. The van der Waals surface area contributed by atoms with Crippen LogP contribution in [0.3, 0.4) is 0 Å². The molecule has 2 heterocycles. The van der Waals surface area contributed by atoms with Crippen LogP contribution >= 0.6 is 23.2 Å². The second-order valence-corrected chi connectivity index (χ2v) is 9.35. The minimum absolute atomic E-state index is 0.0830. The van der Waals surface area contributed by atoms with Crippen LogP contribution in [0.1, 0.15) is 25.7 Å². The molecule has 0 spiro atoms. The van der Waals surface area contributed by atoms with Crippen molar-refractivity contribution < 1.29 is 24.1 Å². The van der Waals surface area contributed by atoms with Gasteiger partial charge in [0.05, 0.1) is 30.2 Å². The summed E-state index contributed by atoms with van der Waals surface area (Å²) in [5.41, 5.74) is 0. The lowest BCUT2D eigenvalue weighted by atomic mass is 9.85. The fourth-order valence-corrected chi connectivity index (χ4v) is 5.44. The summed E-state index contributed by atoms with van der Waals surface area (Å²) < 4.78 is 0. The van der Waals surface area contributed by atoms with Crippen molar-refractivity contribution in [2.45, 2.75) is 25.7 Å². The third-order valence-corrected chi connectivity index (χ3v) is 7.13. The van der Waals surface area contributed by atoms with Crippen LogP contribution < -0.4 is 4.90 Å². The fraction of sp³-hybridized carbons (Fsp3) is 0.524. The van der Waals surface area contributed by atoms with Gasteiger partial charge >= 0.3 is 0 Å². The predicted octanol–water partition coefficient (Wildman–Crippen LogP) is 1.01. The molecule has 0 aromatic rings. The Bertz CT molecular complexity index is 817. The maximum Gasteiger partial charge on any atom is 0.237 e. The van der Waals surface area contributed by atoms with Crippen molar-refractivity contribution in [2.75, 3.05) is 19.9 Å². The topological polar surface area (TPSA) is 79.2 Å². The molecule has 9 heteroatoms. The van der Waals surface area contributed by atoms with Gasteiger partial charge in [0.15, 0.2) is 13.3 Å². The second kappa shape index (κ2) is 8.29. The van der Waals surface area contributed by atoms with E-state index in [2.05, 4.69) is 6.58 Å². The van der Waals surface area contributed by atoms with Crippen molar-refractivity contribution in [3.63, 3.8) is 0 Å². The molecule has 4 rings (SSSR count). The van der Waals surface area contributed by atoms with E-state index in [1.165, 1.54) is 9.80 Å². The molecule has 4 aliphatic rings. The SMILES string of the molecule is C=CC[NH+](CN1C(=O)[C@H]2CC=C(Cl)C[C@H]2C1=O)CN1C(=O)[C@H]2CC=C(Cl)C[C@H]2C1=O. The molecular weight excluding hydrogens is 429 g/mol. The number of amides is 4. The number of quaternary nitrogens is 1. The van der Waals surface area contributed by atoms with Crippen LogP contribution in [0.4, 0.5) is 0 Å². The third-order valence-electron chi connectivity index (χ3n) is 6.52. The number of imide groups is 2. The maximum absolute atomic E-state index is 12.9. The lowest BCUT2D eigenvalue weighted by molar-refractivity contribution is -0.909. The first-order valence-corrected chi connectivity index (χ1v) is 10.9. The summed E-state index contributed by atoms with van der Waals surface area (Å²) in [7, 11) is 0. The predicted molar refractivity (Wildman–Crippen MR) is 110 cm³/mol. The number of hydrogen-bond acceptors (Lipinski definition) is 4. The standard InChI is InChI=1S/C21H23Cl2N3O4/c1-2-7-24(10-25-18(27)14-5-3-12(22)8-16(14)20(25)29)11-26-19(28)15-6-4-13(23)9-17(15)21(26)30/h2-4,14-17H,1,5-11H2/p+1/t14-,15-,16+,17+/m0/s1. The zero-order valence-electron chi connectivity index (χ0n) is 16.5. The molecule has 2 saturated heterocycles. The van der Waals surface area contributed by atoms with E-state index >= 15 is 0 Å². The molecule has 0 radical (unpaired) electrons. The monoisotopic (exact) mass is 452 g/mol. The van der Waals surface area contributed by atoms with Gasteiger partial charge in [0, 0.05) is 10.1 Å². The highest BCUT2D eigenvalue weighted by Crippen LogP contribution is 2.39. The molecule has 4 atom stereocenters. The Morgan fingerprint density at radius 3 is 1.63 bits per heavy atom. The van der Waals surface area contributed by atoms with Crippen molar-refractivity contribution in [2.24, 2.45) is 23.7 Å². The number of nitrogens with one attached hydrogen (secondary N) is 1. The number of nitrogens with zero attached hydrogens (tertiary/aromatic N) is 2. The van der Waals surface area contributed by atoms with E-state index in [0.717, 1.165) is 4.90 Å². The van der Waals surface area contributed by atoms with E-state index in [9.17, 15) is 19.2 Å². The number of hydrogen-bond donors (Lipinski definition) is 1. The maximum atomic E-state index is 12.9. The van der Waals surface area contributed by atoms with Gasteiger partial charge in [-0.3, -0.25) is 24.1 Å². The van der Waals surface area contributed by atoms with Gasteiger partial charge in [0.1, 0.15) is 0 Å². The number of fused-ring (bicyclic) bond motifs is 2. The highest BCUT2D eigenvalue weighted by molar-refractivity contribution is 6.30. The average Bonchev–Trinajstić information content (AvgIpc) is 3.08. The van der Waals surface area contributed by atoms with Crippen LogP contribution in [0.2, 0.25) is 0 Å². The van der Waals surface area contributed by atoms with Gasteiger partial charge in [-0.2, -0.15) is 0 Å². The van der Waals surface area contributed by atoms with Gasteiger partial charge < -0.3 is 0 Å². The molecule has 2 aliphatic carbocycles. The van der Waals surface area contributed by atoms with Crippen molar-refractivity contribution in [1.29, 1.82) is 0 Å². The molecule has 0 bridgehead atoms. The Kier molecular flexibility index (Phi) is 5.88. The summed E-state index contributed by atoms with van der Waals surface area (Å²) in [6.07, 6.45) is 6.93. The number of likely N-dealkylation sites (tertiary alicyclic amines) is 2. The Labute approximate surface area is 184 Å². The van der Waals surface area contributed by atoms with Crippen LogP contribution in [-0.2, 0) is 19.2 Å². The van der Waals surface area contributed by atoms with E-state index < -0.39 is 11.8 Å². The minimum Gasteiger partial charge on any atom is -0.297 e. The molecule has 0 aromatic heterocycles. The number of allylic oxidation sites excluding steroid dienone is 4. The molecule has 1 N–H and O–H groups in total. The zero-order chi connectivity index (χ0) is 21.6. The van der Waals surface area contributed by atoms with E-state index in [1.54, 1.807) is 18.2 Å². The molecule has 4 amide bonds. The Morgan fingerprint density at radius 2 is 1.23 bits per heavy atom. The summed E-state index contributed by atoms with van der Waals surface area (Å²) in [5.74, 6) is -2.50. The summed E-state index contributed by atoms with van der Waals surface area (Å²) in [6.45, 7) is 4.31. The van der Waals surface area contributed by atoms with Crippen molar-refractivity contribution in [3.05, 3.63) is 34.9 Å². The molecular formula is C21H24Cl2N3O4+. The molecule has 0 unspecified atom stereocenters. The molecule has 2 aliphatic heterocycles. The van der Waals surface area contributed by atoms with Gasteiger partial charge in [0.2, 0.25) is 23.6 Å². The smallest absolute Gasteiger partial charge is 0.237 e. The first-order valence-electron chi connectivity index (χ1n) is 10.2. The van der Waals surface area contributed by atoms with Gasteiger partial charge in [-0.25, -0.2) is 9.80 Å². The van der Waals surface area contributed by atoms with Gasteiger partial charge in [-0.15, -0.1) is 0 Å². The first kappa shape index (κ1) is 21.3. The lowest BCUT2D eigenvalue weighted by Gasteiger charge is -2.26. The molecule has 0 aromatic carbocycles. The van der Waals surface area contributed by atoms with Crippen LogP contribution in [0.25, 0.3) is 0 Å². The lowest BCUT2D eigenvalue weighted by Crippen LogP contribution is -3.15. The van der Waals surface area contributed by atoms with Crippen LogP contribution in [-0.4, -0.2) is 53.3 Å². The van der Waals surface area contributed by atoms with Crippen LogP contribution in [0.15, 0.2) is 34.9 Å². The van der Waals surface area contributed by atoms with E-state index in [0.29, 0.717) is 42.3 Å². The number of halogens is 2. The molecule has 7 nitrogen and oxygen atoms in total. The highest BCUT2D eigenvalue weighted by Gasteiger charge is 2.51. The fourth-order valence-electron chi connectivity index (χ4n) is 4.93. The average molecular weight is 453 g/mol. The Hall–Kier alpha value is -1.96. The van der Waals surface area contributed by atoms with Gasteiger partial charge in [0.25, 0.3) is 0 Å². The number of rotatable bonds is 6. The van der Waals surface area contributed by atoms with E-state index in [-0.39, 0.29) is 48.8 Å². The zero-order valence-corrected chi connectivity index (χ0v) is 18.0. The minimum atomic E-state index is -0.425. The van der Waals surface area contributed by atoms with Crippen LogP contribution in [0.5, 0.6) is 0 Å². The quantitative estimate of drug-likeness (QED) is 0.481. The summed E-state index contributed by atoms with van der Waals surface area (Å²) >= 11 is 12.2. The molecule has 160 valence electrons. The van der Waals surface area contributed by atoms with Gasteiger partial charge in [-0.1, -0.05) is 41.9 Å². The number of carbonyl (C=O) groups is 4. The Balaban J connectivity index is 1.47. The Morgan fingerprint density at radius 1 is 0.833 bits per heavy atom. The molecule has 30 heavy (non-hydrogen) atoms. The summed E-state index contributed by atoms with van der Waals surface area (Å²) in [6, 6.07) is 0. The number of carbonyl (C=O) groups excluding carboxylic acids is 4. The summed E-state index contributed by atoms with van der Waals surface area (Å²) in [4.78, 5) is 54.6. The van der Waals surface area contributed by atoms with E-state index in [1.807, 2.05) is 0 Å². The third kappa shape index (κ3) is 3.63. The van der Waals surface area contributed by atoms with Crippen molar-refractivity contribution in [1.82, 2.24) is 9.80 Å². The molecule has 0 saturated carbocycles. The normalized spacial score (nSPS) is 31.2. The van der Waals surface area contributed by atoms with Crippen molar-refractivity contribution in [3.8, 4) is 0 Å². The molecule has 2 fully saturated rings. The largest absolute Gasteiger partial charge is 0.297 e. The van der Waals surface area contributed by atoms with Gasteiger partial charge in [-0.05, 0) is 31.8 Å². The highest BCUT2D eigenvalue weighted by atomic mass is 35.5.